The molecule has 0 amide bonds. The number of nitrogens with zero attached hydrogens (tertiary/aromatic N) is 3. The summed E-state index contributed by atoms with van der Waals surface area (Å²) >= 11 is 0. The summed E-state index contributed by atoms with van der Waals surface area (Å²) in [6, 6.07) is 15.4. The average Bonchev–Trinajstić information content (AvgIpc) is 3.19. The predicted octanol–water partition coefficient (Wildman–Crippen LogP) is 3.15. The number of aromatic hydroxyl groups is 1. The number of rotatable bonds is 3. The molecule has 0 aliphatic carbocycles. The van der Waals surface area contributed by atoms with Crippen molar-refractivity contribution in [2.75, 3.05) is 20.2 Å². The molecule has 0 radical (unpaired) electrons. The monoisotopic (exact) mass is 414 g/mol. The van der Waals surface area contributed by atoms with Gasteiger partial charge in [-0.3, -0.25) is 4.58 Å². The van der Waals surface area contributed by atoms with Crippen LogP contribution in [0.4, 0.5) is 0 Å². The summed E-state index contributed by atoms with van der Waals surface area (Å²) in [5.74, 6) is 1.87. The molecule has 31 heavy (non-hydrogen) atoms. The van der Waals surface area contributed by atoms with Crippen molar-refractivity contribution < 1.29 is 18.8 Å². The molecule has 0 unspecified atom stereocenters. The predicted molar refractivity (Wildman–Crippen MR) is 119 cm³/mol. The highest BCUT2D eigenvalue weighted by Gasteiger charge is 2.24. The highest BCUT2D eigenvalue weighted by Crippen LogP contribution is 2.28. The minimum absolute atomic E-state index is 0.200. The van der Waals surface area contributed by atoms with Crippen LogP contribution in [0.2, 0.25) is 0 Å². The van der Waals surface area contributed by atoms with Crippen LogP contribution in [0.15, 0.2) is 63.5 Å². The number of amidine groups is 1. The van der Waals surface area contributed by atoms with Gasteiger partial charge in [0.1, 0.15) is 11.4 Å². The normalized spacial score (nSPS) is 17.1. The summed E-state index contributed by atoms with van der Waals surface area (Å²) in [6.45, 7) is 1.94. The van der Waals surface area contributed by atoms with Crippen LogP contribution in [-0.2, 0) is 0 Å². The van der Waals surface area contributed by atoms with E-state index in [0.29, 0.717) is 11.6 Å². The molecule has 0 saturated carbocycles. The highest BCUT2D eigenvalue weighted by atomic mass is 16.5. The quantitative estimate of drug-likeness (QED) is 0.669. The second-order valence-corrected chi connectivity index (χ2v) is 7.73. The molecule has 1 fully saturated rings. The van der Waals surface area contributed by atoms with Gasteiger partial charge in [0, 0.05) is 10.8 Å². The van der Waals surface area contributed by atoms with Crippen LogP contribution in [0.1, 0.15) is 25.0 Å². The third kappa shape index (κ3) is 3.89. The third-order valence-electron chi connectivity index (χ3n) is 5.63. The van der Waals surface area contributed by atoms with E-state index in [1.807, 2.05) is 54.6 Å². The van der Waals surface area contributed by atoms with Crippen molar-refractivity contribution in [3.8, 4) is 23.1 Å². The summed E-state index contributed by atoms with van der Waals surface area (Å²) in [6.07, 6.45) is 7.46. The van der Waals surface area contributed by atoms with Gasteiger partial charge in [-0.05, 0) is 66.7 Å². The molecular weight excluding hydrogens is 390 g/mol. The fourth-order valence-electron chi connectivity index (χ4n) is 4.02. The van der Waals surface area contributed by atoms with E-state index < -0.39 is 0 Å². The summed E-state index contributed by atoms with van der Waals surface area (Å²) < 4.78 is 13.2. The van der Waals surface area contributed by atoms with Gasteiger partial charge in [0.2, 0.25) is 5.89 Å². The zero-order valence-electron chi connectivity index (χ0n) is 17.4. The Hall–Kier alpha value is -3.67. The number of piperidine rings is 1. The fourth-order valence-corrected chi connectivity index (χ4v) is 4.02. The van der Waals surface area contributed by atoms with Crippen LogP contribution >= 0.6 is 0 Å². The maximum Gasteiger partial charge on any atom is 0.326 e. The van der Waals surface area contributed by atoms with Crippen LogP contribution in [0.5, 0.6) is 11.7 Å². The van der Waals surface area contributed by atoms with Crippen LogP contribution in [0, 0.1) is 0 Å². The van der Waals surface area contributed by atoms with Crippen molar-refractivity contribution in [1.29, 1.82) is 0 Å². The molecule has 2 aliphatic rings. The van der Waals surface area contributed by atoms with E-state index in [1.165, 1.54) is 6.42 Å². The minimum Gasteiger partial charge on any atom is -0.497 e. The molecule has 6 nitrogen and oxygen atoms in total. The van der Waals surface area contributed by atoms with Crippen molar-refractivity contribution in [2.24, 2.45) is 4.99 Å². The van der Waals surface area contributed by atoms with Gasteiger partial charge in [-0.1, -0.05) is 18.2 Å². The molecule has 1 aromatic heterocycles. The molecular formula is C25H24N3O3+. The van der Waals surface area contributed by atoms with E-state index in [0.717, 1.165) is 59.2 Å². The molecule has 6 heteroatoms. The van der Waals surface area contributed by atoms with Gasteiger partial charge in [-0.25, -0.2) is 4.98 Å². The van der Waals surface area contributed by atoms with Gasteiger partial charge in [-0.15, -0.1) is 0 Å². The Morgan fingerprint density at radius 1 is 1.06 bits per heavy atom. The van der Waals surface area contributed by atoms with E-state index in [9.17, 15) is 5.11 Å². The summed E-state index contributed by atoms with van der Waals surface area (Å²) in [5, 5.41) is 12.3. The highest BCUT2D eigenvalue weighted by molar-refractivity contribution is 6.08. The number of benzene rings is 2. The molecule has 1 N–H and O–H groups in total. The van der Waals surface area contributed by atoms with Crippen molar-refractivity contribution >= 4 is 18.0 Å². The number of methoxy groups -OCH3 is 1. The Kier molecular flexibility index (Phi) is 5.12. The van der Waals surface area contributed by atoms with Gasteiger partial charge in [0.15, 0.2) is 5.36 Å². The molecule has 0 bridgehead atoms. The van der Waals surface area contributed by atoms with E-state index >= 15 is 0 Å². The molecule has 3 heterocycles. The number of oxazole rings is 1. The van der Waals surface area contributed by atoms with Crippen LogP contribution < -0.4 is 15.3 Å². The molecule has 156 valence electrons. The first-order chi connectivity index (χ1) is 15.2. The number of hydrogen-bond donors (Lipinski definition) is 1. The topological polar surface area (TPSA) is 70.9 Å². The summed E-state index contributed by atoms with van der Waals surface area (Å²) in [7, 11) is 1.66. The Morgan fingerprint density at radius 2 is 1.87 bits per heavy atom. The Balaban J connectivity index is 1.65. The SMILES string of the molecule is COc1ccc2c(c1)=C/C(=C\c1nc(-c3ccccc3)oc1O)C(=[N+]1CCCCC1)N=2. The first-order valence-corrected chi connectivity index (χ1v) is 10.5. The van der Waals surface area contributed by atoms with Gasteiger partial charge in [-0.2, -0.15) is 0 Å². The van der Waals surface area contributed by atoms with Gasteiger partial charge < -0.3 is 14.3 Å². The average molecular weight is 414 g/mol. The second kappa shape index (κ2) is 8.22. The van der Waals surface area contributed by atoms with Gasteiger partial charge in [0.05, 0.1) is 25.8 Å². The maximum atomic E-state index is 10.4. The van der Waals surface area contributed by atoms with Crippen molar-refractivity contribution in [3.63, 3.8) is 0 Å². The largest absolute Gasteiger partial charge is 0.497 e. The summed E-state index contributed by atoms with van der Waals surface area (Å²) in [5.41, 5.74) is 2.10. The van der Waals surface area contributed by atoms with Crippen LogP contribution in [0.3, 0.4) is 0 Å². The standard InChI is InChI=1S/C25H23N3O3/c1-30-20-10-11-21-18(15-20)14-19(23(26-21)28-12-6-3-7-13-28)16-22-25(29)31-24(27-22)17-8-4-2-5-9-17/h2,4-5,8-11,14-16H,3,6-7,12-13H2,1H3/p+1. The van der Waals surface area contributed by atoms with Gasteiger partial charge in [0.25, 0.3) is 0 Å². The van der Waals surface area contributed by atoms with Gasteiger partial charge >= 0.3 is 11.8 Å². The number of fused-ring (bicyclic) bond motifs is 1. The second-order valence-electron chi connectivity index (χ2n) is 7.73. The van der Waals surface area contributed by atoms with Crippen molar-refractivity contribution in [3.05, 3.63) is 70.4 Å². The lowest BCUT2D eigenvalue weighted by molar-refractivity contribution is -0.537. The number of ether oxygens (including phenoxy) is 1. The Bertz CT molecular complexity index is 1300. The first kappa shape index (κ1) is 19.3. The third-order valence-corrected chi connectivity index (χ3v) is 5.63. The first-order valence-electron chi connectivity index (χ1n) is 10.5. The lowest BCUT2D eigenvalue weighted by Crippen LogP contribution is -2.35. The number of aromatic nitrogens is 1. The van der Waals surface area contributed by atoms with E-state index in [-0.39, 0.29) is 5.95 Å². The Labute approximate surface area is 180 Å². The molecule has 2 aliphatic heterocycles. The Morgan fingerprint density at radius 3 is 2.65 bits per heavy atom. The molecule has 1 saturated heterocycles. The smallest absolute Gasteiger partial charge is 0.326 e. The maximum absolute atomic E-state index is 10.4. The molecule has 3 aromatic rings. The minimum atomic E-state index is -0.200. The van der Waals surface area contributed by atoms with E-state index in [2.05, 4.69) is 15.6 Å². The van der Waals surface area contributed by atoms with Crippen molar-refractivity contribution in [2.45, 2.75) is 19.3 Å². The molecule has 0 spiro atoms. The summed E-state index contributed by atoms with van der Waals surface area (Å²) in [4.78, 5) is 9.50. The van der Waals surface area contributed by atoms with Crippen molar-refractivity contribution in [1.82, 2.24) is 4.98 Å². The fraction of sp³-hybridized carbons (Fsp3) is 0.240. The van der Waals surface area contributed by atoms with Crippen LogP contribution in [-0.4, -0.2) is 40.7 Å². The molecule has 2 aromatic carbocycles. The zero-order chi connectivity index (χ0) is 21.2. The lowest BCUT2D eigenvalue weighted by Gasteiger charge is -2.15. The van der Waals surface area contributed by atoms with E-state index in [4.69, 9.17) is 14.1 Å². The molecule has 5 rings (SSSR count). The molecule has 0 atom stereocenters. The van der Waals surface area contributed by atoms with Crippen LogP contribution in [0.25, 0.3) is 23.6 Å². The van der Waals surface area contributed by atoms with E-state index in [1.54, 1.807) is 7.11 Å². The number of hydrogen-bond acceptors (Lipinski definition) is 4. The zero-order valence-corrected chi connectivity index (χ0v) is 17.4. The lowest BCUT2D eigenvalue weighted by atomic mass is 10.1.